The standard InChI is InChI=1S/C16H13BrN2OS/c1-20-14-7-5-11(6-8-14)15-10-21-16(19-15)18-13-4-2-3-12(17)9-13/h2-10H,1H3,(H,18,19). The zero-order valence-corrected chi connectivity index (χ0v) is 13.7. The van der Waals surface area contributed by atoms with Gasteiger partial charge in [0.2, 0.25) is 0 Å². The highest BCUT2D eigenvalue weighted by molar-refractivity contribution is 9.10. The van der Waals surface area contributed by atoms with Gasteiger partial charge in [0.15, 0.2) is 5.13 Å². The Balaban J connectivity index is 1.79. The van der Waals surface area contributed by atoms with Crippen molar-refractivity contribution in [2.45, 2.75) is 0 Å². The Morgan fingerprint density at radius 1 is 1.14 bits per heavy atom. The molecule has 3 aromatic rings. The van der Waals surface area contributed by atoms with E-state index in [2.05, 4.69) is 26.2 Å². The number of aromatic nitrogens is 1. The van der Waals surface area contributed by atoms with Crippen LogP contribution in [-0.2, 0) is 0 Å². The molecule has 0 atom stereocenters. The third-order valence-corrected chi connectivity index (χ3v) is 4.22. The number of hydrogen-bond donors (Lipinski definition) is 1. The van der Waals surface area contributed by atoms with Crippen molar-refractivity contribution in [3.8, 4) is 17.0 Å². The van der Waals surface area contributed by atoms with Crippen molar-refractivity contribution in [2.75, 3.05) is 12.4 Å². The lowest BCUT2D eigenvalue weighted by Gasteiger charge is -2.03. The van der Waals surface area contributed by atoms with Crippen LogP contribution in [0.1, 0.15) is 0 Å². The summed E-state index contributed by atoms with van der Waals surface area (Å²) in [6.07, 6.45) is 0. The highest BCUT2D eigenvalue weighted by Crippen LogP contribution is 2.28. The van der Waals surface area contributed by atoms with Crippen LogP contribution in [0.15, 0.2) is 58.4 Å². The fourth-order valence-electron chi connectivity index (χ4n) is 1.92. The van der Waals surface area contributed by atoms with Gasteiger partial charge in [0.1, 0.15) is 5.75 Å². The SMILES string of the molecule is COc1ccc(-c2csc(Nc3cccc(Br)c3)n2)cc1. The molecule has 0 bridgehead atoms. The fourth-order valence-corrected chi connectivity index (χ4v) is 3.05. The van der Waals surface area contributed by atoms with Crippen LogP contribution in [0.25, 0.3) is 11.3 Å². The molecule has 0 aliphatic carbocycles. The summed E-state index contributed by atoms with van der Waals surface area (Å²) in [6, 6.07) is 15.9. The maximum absolute atomic E-state index is 5.17. The molecule has 21 heavy (non-hydrogen) atoms. The van der Waals surface area contributed by atoms with Crippen LogP contribution in [0.2, 0.25) is 0 Å². The summed E-state index contributed by atoms with van der Waals surface area (Å²) < 4.78 is 6.21. The first-order chi connectivity index (χ1) is 10.2. The molecule has 1 heterocycles. The summed E-state index contributed by atoms with van der Waals surface area (Å²) in [7, 11) is 1.66. The van der Waals surface area contributed by atoms with Gasteiger partial charge < -0.3 is 10.1 Å². The molecule has 5 heteroatoms. The topological polar surface area (TPSA) is 34.1 Å². The number of ether oxygens (including phenoxy) is 1. The number of rotatable bonds is 4. The summed E-state index contributed by atoms with van der Waals surface area (Å²) in [5, 5.41) is 6.23. The number of anilines is 2. The second-order valence-electron chi connectivity index (χ2n) is 4.40. The molecule has 106 valence electrons. The maximum atomic E-state index is 5.17. The molecule has 0 unspecified atom stereocenters. The summed E-state index contributed by atoms with van der Waals surface area (Å²) in [6.45, 7) is 0. The Bertz CT molecular complexity index is 740. The normalized spacial score (nSPS) is 10.4. The number of nitrogens with one attached hydrogen (secondary N) is 1. The molecular formula is C16H13BrN2OS. The zero-order valence-electron chi connectivity index (χ0n) is 11.3. The Morgan fingerprint density at radius 2 is 1.95 bits per heavy atom. The van der Waals surface area contributed by atoms with E-state index in [0.717, 1.165) is 32.3 Å². The summed E-state index contributed by atoms with van der Waals surface area (Å²) in [5.74, 6) is 0.849. The smallest absolute Gasteiger partial charge is 0.187 e. The molecule has 0 amide bonds. The van der Waals surface area contributed by atoms with Gasteiger partial charge in [-0.2, -0.15) is 0 Å². The lowest BCUT2D eigenvalue weighted by molar-refractivity contribution is 0.415. The van der Waals surface area contributed by atoms with Crippen LogP contribution >= 0.6 is 27.3 Å². The Kier molecular flexibility index (Phi) is 4.22. The molecule has 0 saturated carbocycles. The van der Waals surface area contributed by atoms with Gasteiger partial charge in [-0.3, -0.25) is 0 Å². The number of halogens is 1. The molecule has 0 aliphatic heterocycles. The first kappa shape index (κ1) is 14.1. The van der Waals surface area contributed by atoms with E-state index in [0.29, 0.717) is 0 Å². The van der Waals surface area contributed by atoms with Crippen LogP contribution in [0, 0.1) is 0 Å². The zero-order chi connectivity index (χ0) is 14.7. The van der Waals surface area contributed by atoms with Crippen molar-refractivity contribution in [3.05, 3.63) is 58.4 Å². The van der Waals surface area contributed by atoms with E-state index < -0.39 is 0 Å². The van der Waals surface area contributed by atoms with E-state index in [1.54, 1.807) is 18.4 Å². The molecule has 0 radical (unpaired) electrons. The lowest BCUT2D eigenvalue weighted by Crippen LogP contribution is -1.89. The van der Waals surface area contributed by atoms with Gasteiger partial charge in [-0.1, -0.05) is 22.0 Å². The monoisotopic (exact) mass is 360 g/mol. The van der Waals surface area contributed by atoms with Crippen molar-refractivity contribution in [1.29, 1.82) is 0 Å². The van der Waals surface area contributed by atoms with Crippen LogP contribution < -0.4 is 10.1 Å². The third-order valence-electron chi connectivity index (χ3n) is 2.97. The van der Waals surface area contributed by atoms with E-state index >= 15 is 0 Å². The lowest BCUT2D eigenvalue weighted by atomic mass is 10.2. The molecule has 3 nitrogen and oxygen atoms in total. The summed E-state index contributed by atoms with van der Waals surface area (Å²) in [5.41, 5.74) is 3.05. The van der Waals surface area contributed by atoms with Gasteiger partial charge in [0, 0.05) is 21.1 Å². The number of methoxy groups -OCH3 is 1. The van der Waals surface area contributed by atoms with Crippen molar-refractivity contribution in [1.82, 2.24) is 4.98 Å². The van der Waals surface area contributed by atoms with E-state index in [-0.39, 0.29) is 0 Å². The van der Waals surface area contributed by atoms with Crippen LogP contribution in [0.4, 0.5) is 10.8 Å². The van der Waals surface area contributed by atoms with Crippen molar-refractivity contribution >= 4 is 38.1 Å². The minimum Gasteiger partial charge on any atom is -0.497 e. The average Bonchev–Trinajstić information content (AvgIpc) is 2.96. The largest absolute Gasteiger partial charge is 0.497 e. The molecule has 0 aliphatic rings. The molecular weight excluding hydrogens is 348 g/mol. The quantitative estimate of drug-likeness (QED) is 0.683. The van der Waals surface area contributed by atoms with Crippen LogP contribution in [-0.4, -0.2) is 12.1 Å². The molecule has 0 saturated heterocycles. The molecule has 3 rings (SSSR count). The minimum atomic E-state index is 0.849. The Morgan fingerprint density at radius 3 is 2.67 bits per heavy atom. The van der Waals surface area contributed by atoms with Crippen molar-refractivity contribution in [3.63, 3.8) is 0 Å². The number of hydrogen-bond acceptors (Lipinski definition) is 4. The van der Waals surface area contributed by atoms with Gasteiger partial charge >= 0.3 is 0 Å². The van der Waals surface area contributed by atoms with E-state index in [1.165, 1.54) is 0 Å². The molecule has 0 spiro atoms. The summed E-state index contributed by atoms with van der Waals surface area (Å²) >= 11 is 5.05. The molecule has 1 N–H and O–H groups in total. The van der Waals surface area contributed by atoms with Gasteiger partial charge in [-0.05, 0) is 42.5 Å². The van der Waals surface area contributed by atoms with E-state index in [9.17, 15) is 0 Å². The number of thiazole rings is 1. The maximum Gasteiger partial charge on any atom is 0.187 e. The Labute approximate surface area is 135 Å². The van der Waals surface area contributed by atoms with Gasteiger partial charge in [-0.15, -0.1) is 11.3 Å². The fraction of sp³-hybridized carbons (Fsp3) is 0.0625. The molecule has 1 aromatic heterocycles. The minimum absolute atomic E-state index is 0.849. The first-order valence-corrected chi connectivity index (χ1v) is 8.04. The second kappa shape index (κ2) is 6.28. The molecule has 2 aromatic carbocycles. The van der Waals surface area contributed by atoms with E-state index in [4.69, 9.17) is 4.74 Å². The van der Waals surface area contributed by atoms with Gasteiger partial charge in [0.05, 0.1) is 12.8 Å². The van der Waals surface area contributed by atoms with E-state index in [1.807, 2.05) is 53.9 Å². The predicted molar refractivity (Wildman–Crippen MR) is 91.5 cm³/mol. The number of nitrogens with zero attached hydrogens (tertiary/aromatic N) is 1. The van der Waals surface area contributed by atoms with Crippen LogP contribution in [0.5, 0.6) is 5.75 Å². The van der Waals surface area contributed by atoms with Crippen molar-refractivity contribution in [2.24, 2.45) is 0 Å². The van der Waals surface area contributed by atoms with Gasteiger partial charge in [0.25, 0.3) is 0 Å². The highest BCUT2D eigenvalue weighted by Gasteiger charge is 2.05. The third kappa shape index (κ3) is 3.43. The van der Waals surface area contributed by atoms with Gasteiger partial charge in [-0.25, -0.2) is 4.98 Å². The average molecular weight is 361 g/mol. The predicted octanol–water partition coefficient (Wildman–Crippen LogP) is 5.32. The van der Waals surface area contributed by atoms with Crippen molar-refractivity contribution < 1.29 is 4.74 Å². The second-order valence-corrected chi connectivity index (χ2v) is 6.18. The highest BCUT2D eigenvalue weighted by atomic mass is 79.9. The molecule has 0 fully saturated rings. The first-order valence-electron chi connectivity index (χ1n) is 6.37. The Hall–Kier alpha value is -1.85. The summed E-state index contributed by atoms with van der Waals surface area (Å²) in [4.78, 5) is 4.61. The number of benzene rings is 2. The van der Waals surface area contributed by atoms with Crippen LogP contribution in [0.3, 0.4) is 0 Å².